The summed E-state index contributed by atoms with van der Waals surface area (Å²) in [6, 6.07) is 7.73. The minimum Gasteiger partial charge on any atom is -0.497 e. The van der Waals surface area contributed by atoms with E-state index >= 15 is 0 Å². The summed E-state index contributed by atoms with van der Waals surface area (Å²) in [6.45, 7) is 2.00. The molecule has 1 aromatic rings. The standard InChI is InChI=1S/C13H20O3/c1-4-13(16-3)12(14)9-10-6-5-7-11(8-10)15-2/h5-8,12-14H,4,9H2,1-3H3. The Hall–Kier alpha value is -1.06. The first-order valence-electron chi connectivity index (χ1n) is 5.55. The van der Waals surface area contributed by atoms with Gasteiger partial charge in [-0.3, -0.25) is 0 Å². The van der Waals surface area contributed by atoms with Crippen molar-refractivity contribution in [3.05, 3.63) is 29.8 Å². The van der Waals surface area contributed by atoms with Crippen molar-refractivity contribution in [1.29, 1.82) is 0 Å². The van der Waals surface area contributed by atoms with Crippen LogP contribution in [0.1, 0.15) is 18.9 Å². The van der Waals surface area contributed by atoms with E-state index in [4.69, 9.17) is 9.47 Å². The molecule has 16 heavy (non-hydrogen) atoms. The van der Waals surface area contributed by atoms with Crippen molar-refractivity contribution < 1.29 is 14.6 Å². The molecule has 1 rings (SSSR count). The molecule has 2 unspecified atom stereocenters. The van der Waals surface area contributed by atoms with Crippen LogP contribution in [0.15, 0.2) is 24.3 Å². The lowest BCUT2D eigenvalue weighted by atomic mass is 10.0. The maximum absolute atomic E-state index is 9.96. The van der Waals surface area contributed by atoms with Crippen molar-refractivity contribution in [3.63, 3.8) is 0 Å². The average molecular weight is 224 g/mol. The van der Waals surface area contributed by atoms with E-state index in [1.54, 1.807) is 14.2 Å². The van der Waals surface area contributed by atoms with Crippen LogP contribution in [0, 0.1) is 0 Å². The Morgan fingerprint density at radius 1 is 1.31 bits per heavy atom. The van der Waals surface area contributed by atoms with Crippen molar-refractivity contribution in [3.8, 4) is 5.75 Å². The van der Waals surface area contributed by atoms with E-state index in [2.05, 4.69) is 0 Å². The second-order valence-corrected chi connectivity index (χ2v) is 3.81. The summed E-state index contributed by atoms with van der Waals surface area (Å²) < 4.78 is 10.3. The molecule has 0 heterocycles. The Kier molecular flexibility index (Phi) is 5.29. The van der Waals surface area contributed by atoms with Gasteiger partial charge in [-0.1, -0.05) is 19.1 Å². The monoisotopic (exact) mass is 224 g/mol. The van der Waals surface area contributed by atoms with Crippen molar-refractivity contribution in [2.75, 3.05) is 14.2 Å². The number of benzene rings is 1. The molecule has 1 aromatic carbocycles. The van der Waals surface area contributed by atoms with E-state index in [1.165, 1.54) is 0 Å². The fraction of sp³-hybridized carbons (Fsp3) is 0.538. The number of rotatable bonds is 6. The third-order valence-corrected chi connectivity index (χ3v) is 2.71. The molecule has 0 fully saturated rings. The lowest BCUT2D eigenvalue weighted by molar-refractivity contribution is -0.0128. The third kappa shape index (κ3) is 3.51. The van der Waals surface area contributed by atoms with Crippen molar-refractivity contribution in [1.82, 2.24) is 0 Å². The molecule has 0 spiro atoms. The molecule has 0 aliphatic rings. The van der Waals surface area contributed by atoms with Gasteiger partial charge in [0.1, 0.15) is 5.75 Å². The Morgan fingerprint density at radius 2 is 2.06 bits per heavy atom. The normalized spacial score (nSPS) is 14.5. The fourth-order valence-corrected chi connectivity index (χ4v) is 1.77. The fourth-order valence-electron chi connectivity index (χ4n) is 1.77. The van der Waals surface area contributed by atoms with Gasteiger partial charge in [0.05, 0.1) is 19.3 Å². The molecule has 0 saturated heterocycles. The quantitative estimate of drug-likeness (QED) is 0.803. The minimum absolute atomic E-state index is 0.105. The molecule has 1 N–H and O–H groups in total. The van der Waals surface area contributed by atoms with Gasteiger partial charge < -0.3 is 14.6 Å². The molecule has 90 valence electrons. The predicted octanol–water partition coefficient (Wildman–Crippen LogP) is 2.02. The lowest BCUT2D eigenvalue weighted by Gasteiger charge is -2.20. The predicted molar refractivity (Wildman–Crippen MR) is 63.8 cm³/mol. The van der Waals surface area contributed by atoms with Crippen LogP contribution in [0.3, 0.4) is 0 Å². The van der Waals surface area contributed by atoms with Gasteiger partial charge >= 0.3 is 0 Å². The lowest BCUT2D eigenvalue weighted by Crippen LogP contribution is -2.29. The highest BCUT2D eigenvalue weighted by Gasteiger charge is 2.17. The Morgan fingerprint density at radius 3 is 2.62 bits per heavy atom. The Labute approximate surface area is 97.0 Å². The molecule has 0 aliphatic heterocycles. The summed E-state index contributed by atoms with van der Waals surface area (Å²) in [5.41, 5.74) is 1.06. The molecule has 0 aliphatic carbocycles. The van der Waals surface area contributed by atoms with Crippen molar-refractivity contribution in [2.24, 2.45) is 0 Å². The van der Waals surface area contributed by atoms with Crippen LogP contribution in [-0.2, 0) is 11.2 Å². The van der Waals surface area contributed by atoms with Crippen LogP contribution in [0.25, 0.3) is 0 Å². The number of aliphatic hydroxyl groups excluding tert-OH is 1. The van der Waals surface area contributed by atoms with Gasteiger partial charge in [0, 0.05) is 13.5 Å². The maximum Gasteiger partial charge on any atom is 0.119 e. The largest absolute Gasteiger partial charge is 0.497 e. The van der Waals surface area contributed by atoms with Gasteiger partial charge in [-0.2, -0.15) is 0 Å². The van der Waals surface area contributed by atoms with Crippen molar-refractivity contribution >= 4 is 0 Å². The van der Waals surface area contributed by atoms with Gasteiger partial charge in [0.2, 0.25) is 0 Å². The molecule has 0 bridgehead atoms. The van der Waals surface area contributed by atoms with E-state index in [1.807, 2.05) is 31.2 Å². The number of hydrogen-bond acceptors (Lipinski definition) is 3. The zero-order chi connectivity index (χ0) is 12.0. The molecule has 0 amide bonds. The first-order chi connectivity index (χ1) is 7.71. The summed E-state index contributed by atoms with van der Waals surface area (Å²) in [5.74, 6) is 0.815. The van der Waals surface area contributed by atoms with Crippen LogP contribution in [0.5, 0.6) is 5.75 Å². The van der Waals surface area contributed by atoms with Gasteiger partial charge in [-0.15, -0.1) is 0 Å². The summed E-state index contributed by atoms with van der Waals surface area (Å²) in [7, 11) is 3.27. The summed E-state index contributed by atoms with van der Waals surface area (Å²) in [6.07, 6.45) is 0.818. The van der Waals surface area contributed by atoms with Crippen LogP contribution in [-0.4, -0.2) is 31.5 Å². The number of hydrogen-bond donors (Lipinski definition) is 1. The molecule has 3 heteroatoms. The summed E-state index contributed by atoms with van der Waals surface area (Å²) in [4.78, 5) is 0. The third-order valence-electron chi connectivity index (χ3n) is 2.71. The second-order valence-electron chi connectivity index (χ2n) is 3.81. The molecular weight excluding hydrogens is 204 g/mol. The van der Waals surface area contributed by atoms with Crippen LogP contribution in [0.4, 0.5) is 0 Å². The summed E-state index contributed by atoms with van der Waals surface area (Å²) >= 11 is 0. The number of aliphatic hydroxyl groups is 1. The highest BCUT2D eigenvalue weighted by atomic mass is 16.5. The molecule has 0 radical (unpaired) electrons. The topological polar surface area (TPSA) is 38.7 Å². The first kappa shape index (κ1) is 13.0. The van der Waals surface area contributed by atoms with Gasteiger partial charge in [-0.25, -0.2) is 0 Å². The van der Waals surface area contributed by atoms with Crippen LogP contribution >= 0.6 is 0 Å². The zero-order valence-electron chi connectivity index (χ0n) is 10.1. The van der Waals surface area contributed by atoms with E-state index in [9.17, 15) is 5.11 Å². The first-order valence-corrected chi connectivity index (χ1v) is 5.55. The van der Waals surface area contributed by atoms with Gasteiger partial charge in [0.15, 0.2) is 0 Å². The van der Waals surface area contributed by atoms with Crippen molar-refractivity contribution in [2.45, 2.75) is 32.0 Å². The van der Waals surface area contributed by atoms with E-state index in [0.717, 1.165) is 17.7 Å². The molecule has 3 nitrogen and oxygen atoms in total. The zero-order valence-corrected chi connectivity index (χ0v) is 10.1. The molecule has 0 aromatic heterocycles. The minimum atomic E-state index is -0.470. The van der Waals surface area contributed by atoms with Crippen LogP contribution in [0.2, 0.25) is 0 Å². The van der Waals surface area contributed by atoms with Crippen LogP contribution < -0.4 is 4.74 Å². The van der Waals surface area contributed by atoms with Gasteiger partial charge in [-0.05, 0) is 24.1 Å². The average Bonchev–Trinajstić information content (AvgIpc) is 2.31. The van der Waals surface area contributed by atoms with Gasteiger partial charge in [0.25, 0.3) is 0 Å². The van der Waals surface area contributed by atoms with E-state index < -0.39 is 6.10 Å². The SMILES string of the molecule is CCC(OC)C(O)Cc1cccc(OC)c1. The molecule has 2 atom stereocenters. The highest BCUT2D eigenvalue weighted by Crippen LogP contribution is 2.16. The maximum atomic E-state index is 9.96. The summed E-state index contributed by atoms with van der Waals surface area (Å²) in [5, 5.41) is 9.96. The Balaban J connectivity index is 2.64. The van der Waals surface area contributed by atoms with E-state index in [0.29, 0.717) is 6.42 Å². The number of ether oxygens (including phenoxy) is 2. The second kappa shape index (κ2) is 6.51. The molecular formula is C13H20O3. The molecule has 0 saturated carbocycles. The smallest absolute Gasteiger partial charge is 0.119 e. The Bertz CT molecular complexity index is 308. The number of methoxy groups -OCH3 is 2. The van der Waals surface area contributed by atoms with E-state index in [-0.39, 0.29) is 6.10 Å². The highest BCUT2D eigenvalue weighted by molar-refractivity contribution is 5.28.